The number of H-pyrrole nitrogens is 1. The second-order valence-corrected chi connectivity index (χ2v) is 6.88. The molecule has 0 atom stereocenters. The third-order valence-electron chi connectivity index (χ3n) is 4.69. The maximum atomic E-state index is 13.0. The number of nitrogens with zero attached hydrogens (tertiary/aromatic N) is 5. The molecule has 10 heteroatoms. The number of aromatic nitrogens is 6. The molecule has 0 fully saturated rings. The smallest absolute Gasteiger partial charge is 0.338 e. The van der Waals surface area contributed by atoms with Crippen molar-refractivity contribution in [1.82, 2.24) is 29.9 Å². The molecule has 1 aromatic carbocycles. The van der Waals surface area contributed by atoms with Crippen LogP contribution >= 0.6 is 0 Å². The highest BCUT2D eigenvalue weighted by molar-refractivity contribution is 5.80. The Hall–Kier alpha value is -4.34. The summed E-state index contributed by atoms with van der Waals surface area (Å²) in [6, 6.07) is 12.4. The van der Waals surface area contributed by atoms with Crippen LogP contribution in [0.3, 0.4) is 0 Å². The summed E-state index contributed by atoms with van der Waals surface area (Å²) in [6.45, 7) is 0. The highest BCUT2D eigenvalue weighted by Gasteiger charge is 2.30. The lowest BCUT2D eigenvalue weighted by Gasteiger charge is -2.06. The van der Waals surface area contributed by atoms with E-state index in [0.29, 0.717) is 34.2 Å². The van der Waals surface area contributed by atoms with Crippen LogP contribution in [-0.4, -0.2) is 29.9 Å². The van der Waals surface area contributed by atoms with Gasteiger partial charge in [-0.2, -0.15) is 13.2 Å². The highest BCUT2D eigenvalue weighted by Crippen LogP contribution is 2.32. The van der Waals surface area contributed by atoms with Crippen LogP contribution < -0.4 is 5.32 Å². The summed E-state index contributed by atoms with van der Waals surface area (Å²) < 4.78 is 38.9. The Bertz CT molecular complexity index is 1380. The molecule has 0 unspecified atom stereocenters. The number of imidazole rings is 1. The summed E-state index contributed by atoms with van der Waals surface area (Å²) in [5, 5.41) is 3.01. The van der Waals surface area contributed by atoms with Gasteiger partial charge in [0.15, 0.2) is 0 Å². The van der Waals surface area contributed by atoms with E-state index >= 15 is 0 Å². The first kappa shape index (κ1) is 19.6. The molecule has 0 bridgehead atoms. The fourth-order valence-electron chi connectivity index (χ4n) is 3.14. The number of alkyl halides is 3. The van der Waals surface area contributed by atoms with Crippen molar-refractivity contribution in [1.29, 1.82) is 0 Å². The molecule has 0 spiro atoms. The Kier molecular flexibility index (Phi) is 4.74. The second kappa shape index (κ2) is 7.73. The number of aromatic amines is 1. The number of halogens is 3. The van der Waals surface area contributed by atoms with Crippen molar-refractivity contribution in [3.63, 3.8) is 0 Å². The number of fused-ring (bicyclic) bond motifs is 1. The molecule has 0 aliphatic carbocycles. The fourth-order valence-corrected chi connectivity index (χ4v) is 3.14. The topological polar surface area (TPSA) is 92.3 Å². The van der Waals surface area contributed by atoms with Gasteiger partial charge < -0.3 is 10.3 Å². The molecule has 2 N–H and O–H groups in total. The second-order valence-electron chi connectivity index (χ2n) is 6.88. The molecule has 0 saturated heterocycles. The molecule has 0 amide bonds. The van der Waals surface area contributed by atoms with Crippen molar-refractivity contribution < 1.29 is 13.2 Å². The number of hydrogen-bond donors (Lipinski definition) is 2. The Morgan fingerprint density at radius 1 is 0.812 bits per heavy atom. The lowest BCUT2D eigenvalue weighted by atomic mass is 10.2. The first-order valence-electron chi connectivity index (χ1n) is 9.49. The van der Waals surface area contributed by atoms with Gasteiger partial charge in [0.1, 0.15) is 11.6 Å². The Labute approximate surface area is 179 Å². The van der Waals surface area contributed by atoms with Crippen LogP contribution in [0.25, 0.3) is 33.7 Å². The maximum absolute atomic E-state index is 13.0. The number of hydrogen-bond acceptors (Lipinski definition) is 6. The standard InChI is InChI=1S/C22H14F3N7/c23-22(24,25)15-4-5-17-18(10-15)31-20(30-17)13-6-8-27-19(9-13)32-21-28-11-14(12-29-21)16-3-1-2-7-26-16/h1-12H,(H,30,31)(H,27,28,29,32). The van der Waals surface area contributed by atoms with E-state index in [0.717, 1.165) is 23.4 Å². The van der Waals surface area contributed by atoms with Crippen molar-refractivity contribution in [3.8, 4) is 22.6 Å². The molecule has 0 aliphatic heterocycles. The molecule has 32 heavy (non-hydrogen) atoms. The van der Waals surface area contributed by atoms with Gasteiger partial charge in [-0.1, -0.05) is 6.07 Å². The molecule has 5 aromatic rings. The number of benzene rings is 1. The van der Waals surface area contributed by atoms with Crippen molar-refractivity contribution >= 4 is 22.8 Å². The number of nitrogens with one attached hydrogen (secondary N) is 2. The van der Waals surface area contributed by atoms with Crippen molar-refractivity contribution in [2.45, 2.75) is 6.18 Å². The Morgan fingerprint density at radius 3 is 2.41 bits per heavy atom. The predicted molar refractivity (Wildman–Crippen MR) is 113 cm³/mol. The van der Waals surface area contributed by atoms with E-state index in [4.69, 9.17) is 0 Å². The van der Waals surface area contributed by atoms with Crippen LogP contribution in [-0.2, 0) is 6.18 Å². The van der Waals surface area contributed by atoms with E-state index in [-0.39, 0.29) is 0 Å². The Balaban J connectivity index is 1.39. The summed E-state index contributed by atoms with van der Waals surface area (Å²) in [4.78, 5) is 24.4. The van der Waals surface area contributed by atoms with Gasteiger partial charge in [-0.15, -0.1) is 0 Å². The van der Waals surface area contributed by atoms with Crippen LogP contribution in [0.2, 0.25) is 0 Å². The van der Waals surface area contributed by atoms with E-state index in [1.165, 1.54) is 6.07 Å². The van der Waals surface area contributed by atoms with Crippen molar-refractivity contribution in [2.24, 2.45) is 0 Å². The largest absolute Gasteiger partial charge is 0.416 e. The van der Waals surface area contributed by atoms with E-state index < -0.39 is 11.7 Å². The molecule has 7 nitrogen and oxygen atoms in total. The molecule has 0 radical (unpaired) electrons. The maximum Gasteiger partial charge on any atom is 0.416 e. The van der Waals surface area contributed by atoms with Gasteiger partial charge in [0.2, 0.25) is 5.95 Å². The number of rotatable bonds is 4. The quantitative estimate of drug-likeness (QED) is 0.403. The first-order valence-corrected chi connectivity index (χ1v) is 9.49. The molecule has 0 saturated carbocycles. The van der Waals surface area contributed by atoms with Crippen LogP contribution in [0, 0.1) is 0 Å². The zero-order valence-corrected chi connectivity index (χ0v) is 16.3. The SMILES string of the molecule is FC(F)(F)c1ccc2nc(-c3ccnc(Nc4ncc(-c5ccccn5)cn4)c3)[nH]c2c1. The summed E-state index contributed by atoms with van der Waals surface area (Å²) in [5.74, 6) is 1.23. The van der Waals surface area contributed by atoms with Gasteiger partial charge >= 0.3 is 6.18 Å². The Morgan fingerprint density at radius 2 is 1.66 bits per heavy atom. The molecule has 158 valence electrons. The van der Waals surface area contributed by atoms with Crippen LogP contribution in [0.4, 0.5) is 24.9 Å². The highest BCUT2D eigenvalue weighted by atomic mass is 19.4. The predicted octanol–water partition coefficient (Wildman–Crippen LogP) is 5.24. The average Bonchev–Trinajstić information content (AvgIpc) is 3.23. The van der Waals surface area contributed by atoms with Gasteiger partial charge in [0, 0.05) is 35.9 Å². The van der Waals surface area contributed by atoms with E-state index in [1.807, 2.05) is 18.2 Å². The lowest BCUT2D eigenvalue weighted by molar-refractivity contribution is -0.137. The fraction of sp³-hybridized carbons (Fsp3) is 0.0455. The van der Waals surface area contributed by atoms with E-state index in [2.05, 4.69) is 35.2 Å². The molecule has 0 aliphatic rings. The van der Waals surface area contributed by atoms with Crippen molar-refractivity contribution in [2.75, 3.05) is 5.32 Å². The minimum Gasteiger partial charge on any atom is -0.338 e. The summed E-state index contributed by atoms with van der Waals surface area (Å²) in [6.07, 6.45) is 2.14. The summed E-state index contributed by atoms with van der Waals surface area (Å²) in [7, 11) is 0. The zero-order chi connectivity index (χ0) is 22.1. The monoisotopic (exact) mass is 433 g/mol. The minimum atomic E-state index is -4.42. The molecule has 4 heterocycles. The van der Waals surface area contributed by atoms with Gasteiger partial charge in [-0.25, -0.2) is 19.9 Å². The zero-order valence-electron chi connectivity index (χ0n) is 16.3. The summed E-state index contributed by atoms with van der Waals surface area (Å²) in [5.41, 5.74) is 2.19. The molecular formula is C22H14F3N7. The van der Waals surface area contributed by atoms with Crippen molar-refractivity contribution in [3.05, 3.63) is 78.9 Å². The van der Waals surface area contributed by atoms with Gasteiger partial charge in [0.25, 0.3) is 0 Å². The third kappa shape index (κ3) is 3.97. The molecule has 5 rings (SSSR count). The lowest BCUT2D eigenvalue weighted by Crippen LogP contribution is -2.04. The number of anilines is 2. The third-order valence-corrected chi connectivity index (χ3v) is 4.69. The molecular weight excluding hydrogens is 419 g/mol. The average molecular weight is 433 g/mol. The van der Waals surface area contributed by atoms with E-state index in [1.54, 1.807) is 36.9 Å². The molecule has 4 aromatic heterocycles. The van der Waals surface area contributed by atoms with Gasteiger partial charge in [-0.05, 0) is 42.5 Å². The first-order chi connectivity index (χ1) is 15.5. The minimum absolute atomic E-state index is 0.301. The van der Waals surface area contributed by atoms with E-state index in [9.17, 15) is 13.2 Å². The normalized spacial score (nSPS) is 11.6. The van der Waals surface area contributed by atoms with Crippen LogP contribution in [0.5, 0.6) is 0 Å². The van der Waals surface area contributed by atoms with Gasteiger partial charge in [0.05, 0.1) is 22.3 Å². The number of pyridine rings is 2. The van der Waals surface area contributed by atoms with Crippen LogP contribution in [0.1, 0.15) is 5.56 Å². The summed E-state index contributed by atoms with van der Waals surface area (Å²) >= 11 is 0. The van der Waals surface area contributed by atoms with Crippen LogP contribution in [0.15, 0.2) is 73.3 Å². The van der Waals surface area contributed by atoms with Gasteiger partial charge in [-0.3, -0.25) is 4.98 Å².